The first-order chi connectivity index (χ1) is 18.9. The van der Waals surface area contributed by atoms with Crippen LogP contribution in [0.1, 0.15) is 64.8 Å². The molecule has 0 aliphatic rings. The Hall–Kier alpha value is -4.42. The van der Waals surface area contributed by atoms with Gasteiger partial charge in [0.15, 0.2) is 0 Å². The molecule has 0 aromatic heterocycles. The molecule has 0 spiro atoms. The minimum atomic E-state index is 0. The number of hydrogen-bond donors (Lipinski definition) is 0. The van der Waals surface area contributed by atoms with Crippen molar-refractivity contribution in [2.24, 2.45) is 0 Å². The number of benzene rings is 5. The van der Waals surface area contributed by atoms with Crippen LogP contribution < -0.4 is 0 Å². The second-order valence-electron chi connectivity index (χ2n) is 9.81. The van der Waals surface area contributed by atoms with Gasteiger partial charge >= 0.3 is 0 Å². The monoisotopic (exact) mass is 524 g/mol. The highest BCUT2D eigenvalue weighted by atomic mass is 14.1. The predicted molar refractivity (Wildman–Crippen MR) is 180 cm³/mol. The van der Waals surface area contributed by atoms with Gasteiger partial charge in [-0.2, -0.15) is 0 Å². The first-order valence-corrected chi connectivity index (χ1v) is 13.5. The molecule has 0 radical (unpaired) electrons. The van der Waals surface area contributed by atoms with Crippen LogP contribution in [0.4, 0.5) is 0 Å². The van der Waals surface area contributed by atoms with Gasteiger partial charge < -0.3 is 0 Å². The molecule has 0 heteroatoms. The van der Waals surface area contributed by atoms with E-state index in [1.807, 2.05) is 12.1 Å². The Morgan fingerprint density at radius 3 is 1.25 bits per heavy atom. The van der Waals surface area contributed by atoms with Crippen molar-refractivity contribution in [3.05, 3.63) is 185 Å². The molecule has 204 valence electrons. The quantitative estimate of drug-likeness (QED) is 0.201. The SMILES string of the molecule is C.C=Cc1ccc(C)cc1.Cc1ccc(/C=C/c2ccccc2)cc1.Cc1ccc(C(C)c2ccccc2)cc1. The van der Waals surface area contributed by atoms with E-state index in [1.165, 1.54) is 44.5 Å². The molecule has 0 N–H and O–H groups in total. The van der Waals surface area contributed by atoms with E-state index in [9.17, 15) is 0 Å². The van der Waals surface area contributed by atoms with Gasteiger partial charge in [-0.25, -0.2) is 0 Å². The Morgan fingerprint density at radius 2 is 0.800 bits per heavy atom. The molecule has 1 atom stereocenters. The van der Waals surface area contributed by atoms with Crippen molar-refractivity contribution < 1.29 is 0 Å². The van der Waals surface area contributed by atoms with Crippen LogP contribution in [-0.4, -0.2) is 0 Å². The molecule has 40 heavy (non-hydrogen) atoms. The third kappa shape index (κ3) is 11.1. The summed E-state index contributed by atoms with van der Waals surface area (Å²) in [5, 5.41) is 0. The lowest BCUT2D eigenvalue weighted by Gasteiger charge is -2.12. The highest BCUT2D eigenvalue weighted by Crippen LogP contribution is 2.23. The van der Waals surface area contributed by atoms with Gasteiger partial charge in [-0.15, -0.1) is 0 Å². The Labute approximate surface area is 243 Å². The Bertz CT molecular complexity index is 1390. The van der Waals surface area contributed by atoms with Crippen molar-refractivity contribution >= 4 is 18.2 Å². The van der Waals surface area contributed by atoms with Crippen molar-refractivity contribution in [2.45, 2.75) is 41.0 Å². The average molecular weight is 525 g/mol. The Morgan fingerprint density at radius 1 is 0.450 bits per heavy atom. The first-order valence-electron chi connectivity index (χ1n) is 13.5. The third-order valence-corrected chi connectivity index (χ3v) is 6.54. The van der Waals surface area contributed by atoms with E-state index in [4.69, 9.17) is 0 Å². The van der Waals surface area contributed by atoms with E-state index in [-0.39, 0.29) is 7.43 Å². The number of hydrogen-bond acceptors (Lipinski definition) is 0. The zero-order valence-corrected chi connectivity index (χ0v) is 23.7. The molecule has 0 aliphatic heterocycles. The number of rotatable bonds is 5. The highest BCUT2D eigenvalue weighted by molar-refractivity contribution is 5.69. The van der Waals surface area contributed by atoms with Crippen molar-refractivity contribution in [3.8, 4) is 0 Å². The average Bonchev–Trinajstić information content (AvgIpc) is 2.99. The van der Waals surface area contributed by atoms with Crippen molar-refractivity contribution in [1.29, 1.82) is 0 Å². The maximum Gasteiger partial charge on any atom is 0.00610 e. The maximum atomic E-state index is 3.66. The lowest BCUT2D eigenvalue weighted by Crippen LogP contribution is -1.95. The van der Waals surface area contributed by atoms with Gasteiger partial charge in [0.1, 0.15) is 0 Å². The van der Waals surface area contributed by atoms with Crippen molar-refractivity contribution in [2.75, 3.05) is 0 Å². The standard InChI is InChI=1S/C15H16.C15H14.C9H10.CH4/c1-12-8-10-15(11-9-12)13(2)14-6-4-3-5-7-14;1-13-7-9-15(10-8-13)12-11-14-5-3-2-4-6-14;1-3-9-6-4-8(2)5-7-9;/h3-11,13H,1-2H3;2-12H,1H3;3-7H,1H2,2H3;1H4/b;12-11+;;. The van der Waals surface area contributed by atoms with Gasteiger partial charge in [0.05, 0.1) is 0 Å². The summed E-state index contributed by atoms with van der Waals surface area (Å²) in [6.45, 7) is 12.2. The van der Waals surface area contributed by atoms with Crippen LogP contribution >= 0.6 is 0 Å². The fraction of sp³-hybridized carbons (Fsp3) is 0.150. The van der Waals surface area contributed by atoms with Crippen LogP contribution in [-0.2, 0) is 0 Å². The molecule has 0 nitrogen and oxygen atoms in total. The van der Waals surface area contributed by atoms with Crippen LogP contribution in [0.5, 0.6) is 0 Å². The Kier molecular flexibility index (Phi) is 13.7. The summed E-state index contributed by atoms with van der Waals surface area (Å²) >= 11 is 0. The van der Waals surface area contributed by atoms with E-state index in [2.05, 4.69) is 174 Å². The lowest BCUT2D eigenvalue weighted by atomic mass is 9.93. The predicted octanol–water partition coefficient (Wildman–Crippen LogP) is 11.6. The van der Waals surface area contributed by atoms with Crippen LogP contribution in [0.2, 0.25) is 0 Å². The second kappa shape index (κ2) is 17.2. The number of aryl methyl sites for hydroxylation is 3. The van der Waals surface area contributed by atoms with Gasteiger partial charge in [0.25, 0.3) is 0 Å². The van der Waals surface area contributed by atoms with Crippen LogP contribution in [0.25, 0.3) is 18.2 Å². The van der Waals surface area contributed by atoms with Crippen LogP contribution in [0, 0.1) is 20.8 Å². The Balaban J connectivity index is 0.000000215. The molecular weight excluding hydrogens is 480 g/mol. The van der Waals surface area contributed by atoms with E-state index in [0.717, 1.165) is 0 Å². The molecule has 0 saturated heterocycles. The molecule has 5 aromatic rings. The molecule has 5 aromatic carbocycles. The summed E-state index contributed by atoms with van der Waals surface area (Å²) in [6, 6.07) is 46.5. The van der Waals surface area contributed by atoms with Crippen LogP contribution in [0.3, 0.4) is 0 Å². The second-order valence-corrected chi connectivity index (χ2v) is 9.81. The molecule has 0 bridgehead atoms. The highest BCUT2D eigenvalue weighted by Gasteiger charge is 2.06. The summed E-state index contributed by atoms with van der Waals surface area (Å²) in [6.07, 6.45) is 6.11. The van der Waals surface area contributed by atoms with E-state index >= 15 is 0 Å². The zero-order chi connectivity index (χ0) is 27.9. The summed E-state index contributed by atoms with van der Waals surface area (Å²) in [4.78, 5) is 0. The van der Waals surface area contributed by atoms with E-state index in [0.29, 0.717) is 5.92 Å². The third-order valence-electron chi connectivity index (χ3n) is 6.54. The normalized spacial score (nSPS) is 10.7. The molecule has 1 unspecified atom stereocenters. The van der Waals surface area contributed by atoms with E-state index in [1.54, 1.807) is 0 Å². The maximum absolute atomic E-state index is 3.66. The smallest absolute Gasteiger partial charge is 0.00610 e. The summed E-state index contributed by atoms with van der Waals surface area (Å²) in [5.74, 6) is 0.479. The van der Waals surface area contributed by atoms with Crippen molar-refractivity contribution in [3.63, 3.8) is 0 Å². The minimum absolute atomic E-state index is 0. The van der Waals surface area contributed by atoms with Gasteiger partial charge in [-0.05, 0) is 48.6 Å². The minimum Gasteiger partial charge on any atom is -0.0985 e. The molecule has 0 fully saturated rings. The summed E-state index contributed by atoms with van der Waals surface area (Å²) < 4.78 is 0. The summed E-state index contributed by atoms with van der Waals surface area (Å²) in [5.41, 5.74) is 10.3. The zero-order valence-electron chi connectivity index (χ0n) is 23.7. The molecular formula is C40H44. The molecule has 0 heterocycles. The van der Waals surface area contributed by atoms with Gasteiger partial charge in [0, 0.05) is 5.92 Å². The van der Waals surface area contributed by atoms with Gasteiger partial charge in [-0.1, -0.05) is 189 Å². The van der Waals surface area contributed by atoms with Crippen LogP contribution in [0.15, 0.2) is 140 Å². The first kappa shape index (κ1) is 31.8. The largest absolute Gasteiger partial charge is 0.0985 e. The molecule has 0 aliphatic carbocycles. The van der Waals surface area contributed by atoms with Crippen molar-refractivity contribution in [1.82, 2.24) is 0 Å². The van der Waals surface area contributed by atoms with Gasteiger partial charge in [-0.3, -0.25) is 0 Å². The molecule has 0 saturated carbocycles. The van der Waals surface area contributed by atoms with E-state index < -0.39 is 0 Å². The lowest BCUT2D eigenvalue weighted by molar-refractivity contribution is 0.921. The summed E-state index contributed by atoms with van der Waals surface area (Å²) in [7, 11) is 0. The fourth-order valence-electron chi connectivity index (χ4n) is 3.93. The van der Waals surface area contributed by atoms with Gasteiger partial charge in [0.2, 0.25) is 0 Å². The molecule has 0 amide bonds. The topological polar surface area (TPSA) is 0 Å². The molecule has 5 rings (SSSR count). The fourth-order valence-corrected chi connectivity index (χ4v) is 3.93.